The first-order chi connectivity index (χ1) is 6.36. The van der Waals surface area contributed by atoms with Gasteiger partial charge in [0.15, 0.2) is 0 Å². The Bertz CT molecular complexity index is 192. The van der Waals surface area contributed by atoms with Crippen molar-refractivity contribution in [3.05, 3.63) is 0 Å². The first-order valence-electron chi connectivity index (χ1n) is 4.87. The van der Waals surface area contributed by atoms with Crippen molar-refractivity contribution in [3.8, 4) is 0 Å². The van der Waals surface area contributed by atoms with Crippen LogP contribution in [0.1, 0.15) is 27.7 Å². The first-order valence-corrected chi connectivity index (χ1v) is 4.87. The number of rotatable bonds is 5. The van der Waals surface area contributed by atoms with Gasteiger partial charge in [0, 0.05) is 5.54 Å². The summed E-state index contributed by atoms with van der Waals surface area (Å²) in [6.07, 6.45) is 0. The average Bonchev–Trinajstić information content (AvgIpc) is 2.15. The lowest BCUT2D eigenvalue weighted by atomic mass is 10.0. The summed E-state index contributed by atoms with van der Waals surface area (Å²) in [5.41, 5.74) is -0.411. The molecule has 1 unspecified atom stereocenters. The second-order valence-electron chi connectivity index (χ2n) is 4.01. The van der Waals surface area contributed by atoms with E-state index in [0.29, 0.717) is 6.61 Å². The third kappa shape index (κ3) is 3.27. The smallest absolute Gasteiger partial charge is 0.323 e. The molecular weight excluding hydrogens is 182 g/mol. The fraction of sp³-hybridized carbons (Fsp3) is 0.900. The van der Waals surface area contributed by atoms with Gasteiger partial charge in [-0.15, -0.1) is 0 Å². The van der Waals surface area contributed by atoms with Crippen LogP contribution in [0.2, 0.25) is 0 Å². The quantitative estimate of drug-likeness (QED) is 0.666. The van der Waals surface area contributed by atoms with Gasteiger partial charge < -0.3 is 9.84 Å². The highest BCUT2D eigenvalue weighted by molar-refractivity contribution is 5.75. The number of likely N-dealkylation sites (N-methyl/N-ethyl adjacent to an activating group) is 1. The Morgan fingerprint density at radius 1 is 1.57 bits per heavy atom. The lowest BCUT2D eigenvalue weighted by Gasteiger charge is -2.37. The number of carbonyl (C=O) groups is 1. The fourth-order valence-electron chi connectivity index (χ4n) is 1.06. The van der Waals surface area contributed by atoms with Crippen molar-refractivity contribution in [2.75, 3.05) is 20.3 Å². The van der Waals surface area contributed by atoms with Crippen molar-refractivity contribution in [2.24, 2.45) is 0 Å². The summed E-state index contributed by atoms with van der Waals surface area (Å²) in [6.45, 7) is 7.70. The number of aliphatic hydroxyl groups is 1. The topological polar surface area (TPSA) is 49.8 Å². The summed E-state index contributed by atoms with van der Waals surface area (Å²) in [7, 11) is 1.80. The van der Waals surface area contributed by atoms with E-state index in [-0.39, 0.29) is 18.6 Å². The Kier molecular flexibility index (Phi) is 5.08. The number of esters is 1. The number of hydrogen-bond donors (Lipinski definition) is 1. The van der Waals surface area contributed by atoms with Crippen molar-refractivity contribution < 1.29 is 14.6 Å². The SMILES string of the molecule is CCOC(=O)C(C)N(C)C(C)(C)CO. The minimum Gasteiger partial charge on any atom is -0.465 e. The van der Waals surface area contributed by atoms with Crippen molar-refractivity contribution in [1.29, 1.82) is 0 Å². The van der Waals surface area contributed by atoms with Crippen LogP contribution in [0.15, 0.2) is 0 Å². The third-order valence-electron chi connectivity index (χ3n) is 2.55. The molecule has 0 aromatic heterocycles. The number of ether oxygens (including phenoxy) is 1. The van der Waals surface area contributed by atoms with Gasteiger partial charge in [-0.25, -0.2) is 0 Å². The molecule has 0 spiro atoms. The molecular formula is C10H21NO3. The second-order valence-corrected chi connectivity index (χ2v) is 4.01. The predicted molar refractivity (Wildman–Crippen MR) is 55.0 cm³/mol. The molecule has 0 rings (SSSR count). The van der Waals surface area contributed by atoms with E-state index in [1.807, 2.05) is 18.7 Å². The average molecular weight is 203 g/mol. The van der Waals surface area contributed by atoms with Gasteiger partial charge in [-0.3, -0.25) is 9.69 Å². The number of nitrogens with zero attached hydrogens (tertiary/aromatic N) is 1. The zero-order valence-corrected chi connectivity index (χ0v) is 9.70. The molecule has 0 aromatic rings. The maximum Gasteiger partial charge on any atom is 0.323 e. The Morgan fingerprint density at radius 3 is 2.43 bits per heavy atom. The molecule has 0 radical (unpaired) electrons. The Balaban J connectivity index is 4.38. The van der Waals surface area contributed by atoms with E-state index in [4.69, 9.17) is 9.84 Å². The summed E-state index contributed by atoms with van der Waals surface area (Å²) in [4.78, 5) is 13.2. The molecule has 0 saturated heterocycles. The van der Waals surface area contributed by atoms with Crippen molar-refractivity contribution in [3.63, 3.8) is 0 Å². The minimum absolute atomic E-state index is 0.00719. The molecule has 14 heavy (non-hydrogen) atoms. The summed E-state index contributed by atoms with van der Waals surface area (Å²) in [6, 6.07) is -0.336. The monoisotopic (exact) mass is 203 g/mol. The van der Waals surface area contributed by atoms with Crippen LogP contribution >= 0.6 is 0 Å². The number of hydrogen-bond acceptors (Lipinski definition) is 4. The van der Waals surface area contributed by atoms with Gasteiger partial charge >= 0.3 is 5.97 Å². The van der Waals surface area contributed by atoms with Crippen LogP contribution in [-0.2, 0) is 9.53 Å². The maximum atomic E-state index is 11.4. The lowest BCUT2D eigenvalue weighted by Crippen LogP contribution is -2.51. The molecule has 1 N–H and O–H groups in total. The number of aliphatic hydroxyl groups excluding tert-OH is 1. The summed E-state index contributed by atoms with van der Waals surface area (Å²) >= 11 is 0. The van der Waals surface area contributed by atoms with Crippen molar-refractivity contribution in [2.45, 2.75) is 39.3 Å². The van der Waals surface area contributed by atoms with E-state index < -0.39 is 5.54 Å². The molecule has 0 aromatic carbocycles. The largest absolute Gasteiger partial charge is 0.465 e. The molecule has 4 heteroatoms. The van der Waals surface area contributed by atoms with Crippen LogP contribution < -0.4 is 0 Å². The van der Waals surface area contributed by atoms with Crippen molar-refractivity contribution in [1.82, 2.24) is 4.90 Å². The first kappa shape index (κ1) is 13.4. The van der Waals surface area contributed by atoms with Gasteiger partial charge in [0.2, 0.25) is 0 Å². The fourth-order valence-corrected chi connectivity index (χ4v) is 1.06. The van der Waals surface area contributed by atoms with Crippen LogP contribution in [-0.4, -0.2) is 47.8 Å². The standard InChI is InChI=1S/C10H21NO3/c1-6-14-9(13)8(2)11(5)10(3,4)7-12/h8,12H,6-7H2,1-5H3. The van der Waals surface area contributed by atoms with E-state index in [9.17, 15) is 4.79 Å². The van der Waals surface area contributed by atoms with Gasteiger partial charge in [0.1, 0.15) is 6.04 Å². The molecule has 0 saturated carbocycles. The van der Waals surface area contributed by atoms with Gasteiger partial charge in [-0.1, -0.05) is 0 Å². The van der Waals surface area contributed by atoms with E-state index in [1.54, 1.807) is 20.9 Å². The molecule has 0 fully saturated rings. The highest BCUT2D eigenvalue weighted by Crippen LogP contribution is 2.15. The third-order valence-corrected chi connectivity index (χ3v) is 2.55. The lowest BCUT2D eigenvalue weighted by molar-refractivity contribution is -0.150. The molecule has 1 atom stereocenters. The van der Waals surface area contributed by atoms with Gasteiger partial charge in [-0.05, 0) is 34.7 Å². The van der Waals surface area contributed by atoms with Crippen molar-refractivity contribution >= 4 is 5.97 Å². The normalized spacial score (nSPS) is 14.2. The van der Waals surface area contributed by atoms with E-state index in [2.05, 4.69) is 0 Å². The zero-order chi connectivity index (χ0) is 11.4. The molecule has 0 aliphatic carbocycles. The minimum atomic E-state index is -0.411. The summed E-state index contributed by atoms with van der Waals surface area (Å²) in [5.74, 6) is -0.253. The Morgan fingerprint density at radius 2 is 2.07 bits per heavy atom. The zero-order valence-electron chi connectivity index (χ0n) is 9.70. The maximum absolute atomic E-state index is 11.4. The molecule has 0 amide bonds. The number of carbonyl (C=O) groups excluding carboxylic acids is 1. The van der Waals surface area contributed by atoms with E-state index in [1.165, 1.54) is 0 Å². The summed E-state index contributed by atoms with van der Waals surface area (Å²) < 4.78 is 4.90. The van der Waals surface area contributed by atoms with Gasteiger partial charge in [0.25, 0.3) is 0 Å². The van der Waals surface area contributed by atoms with Gasteiger partial charge in [-0.2, -0.15) is 0 Å². The van der Waals surface area contributed by atoms with Crippen LogP contribution in [0.3, 0.4) is 0 Å². The molecule has 0 aliphatic rings. The molecule has 0 heterocycles. The summed E-state index contributed by atoms with van der Waals surface area (Å²) in [5, 5.41) is 9.13. The van der Waals surface area contributed by atoms with Crippen LogP contribution in [0.4, 0.5) is 0 Å². The predicted octanol–water partition coefficient (Wildman–Crippen LogP) is 0.641. The van der Waals surface area contributed by atoms with E-state index in [0.717, 1.165) is 0 Å². The van der Waals surface area contributed by atoms with E-state index >= 15 is 0 Å². The van der Waals surface area contributed by atoms with Crippen LogP contribution in [0.5, 0.6) is 0 Å². The molecule has 4 nitrogen and oxygen atoms in total. The molecule has 84 valence electrons. The molecule has 0 bridgehead atoms. The second kappa shape index (κ2) is 5.32. The highest BCUT2D eigenvalue weighted by Gasteiger charge is 2.30. The highest BCUT2D eigenvalue weighted by atomic mass is 16.5. The van der Waals surface area contributed by atoms with Crippen LogP contribution in [0, 0.1) is 0 Å². The Hall–Kier alpha value is -0.610. The van der Waals surface area contributed by atoms with Crippen LogP contribution in [0.25, 0.3) is 0 Å². The molecule has 0 aliphatic heterocycles. The van der Waals surface area contributed by atoms with Gasteiger partial charge in [0.05, 0.1) is 13.2 Å². The Labute approximate surface area is 85.9 Å².